The van der Waals surface area contributed by atoms with Gasteiger partial charge in [0.05, 0.1) is 4.20 Å². The lowest BCUT2D eigenvalue weighted by molar-refractivity contribution is 0.848. The highest BCUT2D eigenvalue weighted by Gasteiger charge is 2.02. The molecular formula is C5H11NS3. The highest BCUT2D eigenvalue weighted by Crippen LogP contribution is 2.01. The molecule has 1 atom stereocenters. The molecule has 0 aliphatic carbocycles. The Kier molecular flexibility index (Phi) is 5.99. The fourth-order valence-electron chi connectivity index (χ4n) is 0.368. The van der Waals surface area contributed by atoms with E-state index >= 15 is 0 Å². The van der Waals surface area contributed by atoms with Crippen molar-refractivity contribution in [3.8, 4) is 0 Å². The van der Waals surface area contributed by atoms with Gasteiger partial charge in [-0.05, 0) is 18.4 Å². The molecule has 4 heteroatoms. The lowest BCUT2D eigenvalue weighted by Gasteiger charge is -2.05. The van der Waals surface area contributed by atoms with Gasteiger partial charge in [0.15, 0.2) is 0 Å². The maximum Gasteiger partial charge on any atom is 0.0616 e. The van der Waals surface area contributed by atoms with Crippen molar-refractivity contribution >= 4 is 40.8 Å². The number of thiocarbonyl (C=S) groups is 1. The van der Waals surface area contributed by atoms with Crippen LogP contribution in [0.1, 0.15) is 6.42 Å². The average Bonchev–Trinajstić information content (AvgIpc) is 1.82. The van der Waals surface area contributed by atoms with Gasteiger partial charge in [-0.1, -0.05) is 12.2 Å². The minimum Gasteiger partial charge on any atom is -0.323 e. The van der Waals surface area contributed by atoms with Crippen molar-refractivity contribution in [2.75, 3.05) is 12.0 Å². The number of hydrogen-bond donors (Lipinski definition) is 2. The third-order valence-electron chi connectivity index (χ3n) is 0.950. The van der Waals surface area contributed by atoms with Crippen LogP contribution in [0.4, 0.5) is 0 Å². The number of nitrogens with two attached hydrogens (primary N) is 1. The molecule has 2 N–H and O–H groups in total. The smallest absolute Gasteiger partial charge is 0.0616 e. The Bertz CT molecular complexity index is 94.2. The molecule has 0 aliphatic heterocycles. The van der Waals surface area contributed by atoms with Crippen LogP contribution in [0.2, 0.25) is 0 Å². The summed E-state index contributed by atoms with van der Waals surface area (Å²) in [5.74, 6) is 1.06. The van der Waals surface area contributed by atoms with E-state index in [1.807, 2.05) is 6.26 Å². The predicted octanol–water partition coefficient (Wildman–Crippen LogP) is 1.32. The van der Waals surface area contributed by atoms with Crippen molar-refractivity contribution in [3.05, 3.63) is 0 Å². The van der Waals surface area contributed by atoms with Crippen molar-refractivity contribution in [3.63, 3.8) is 0 Å². The van der Waals surface area contributed by atoms with E-state index in [-0.39, 0.29) is 6.04 Å². The molecule has 0 fully saturated rings. The molecule has 0 saturated carbocycles. The van der Waals surface area contributed by atoms with E-state index in [4.69, 9.17) is 18.0 Å². The number of rotatable bonds is 4. The van der Waals surface area contributed by atoms with Gasteiger partial charge in [0.25, 0.3) is 0 Å². The maximum atomic E-state index is 5.57. The Hall–Kier alpha value is 0.750. The second kappa shape index (κ2) is 5.53. The van der Waals surface area contributed by atoms with Crippen molar-refractivity contribution in [2.45, 2.75) is 12.5 Å². The topological polar surface area (TPSA) is 26.0 Å². The molecule has 0 heterocycles. The lowest BCUT2D eigenvalue weighted by atomic mass is 10.3. The van der Waals surface area contributed by atoms with Crippen LogP contribution in [0, 0.1) is 0 Å². The Morgan fingerprint density at radius 2 is 2.44 bits per heavy atom. The quantitative estimate of drug-likeness (QED) is 0.506. The van der Waals surface area contributed by atoms with Gasteiger partial charge in [-0.25, -0.2) is 0 Å². The molecule has 0 spiro atoms. The van der Waals surface area contributed by atoms with Crippen LogP contribution >= 0.6 is 36.6 Å². The van der Waals surface area contributed by atoms with Crippen LogP contribution in [-0.4, -0.2) is 22.2 Å². The van der Waals surface area contributed by atoms with E-state index in [0.717, 1.165) is 12.2 Å². The van der Waals surface area contributed by atoms with Gasteiger partial charge in [0, 0.05) is 6.04 Å². The molecule has 0 radical (unpaired) electrons. The predicted molar refractivity (Wildman–Crippen MR) is 52.6 cm³/mol. The zero-order valence-electron chi connectivity index (χ0n) is 5.33. The average molecular weight is 181 g/mol. The fraction of sp³-hybridized carbons (Fsp3) is 0.800. The van der Waals surface area contributed by atoms with Gasteiger partial charge >= 0.3 is 0 Å². The molecule has 54 valence electrons. The molecule has 0 aliphatic rings. The van der Waals surface area contributed by atoms with Crippen LogP contribution in [0.15, 0.2) is 0 Å². The normalized spacial score (nSPS) is 13.2. The molecule has 0 rings (SSSR count). The minimum absolute atomic E-state index is 0.00390. The fourth-order valence-corrected chi connectivity index (χ4v) is 1.10. The second-order valence-electron chi connectivity index (χ2n) is 1.73. The molecule has 0 unspecified atom stereocenters. The van der Waals surface area contributed by atoms with Crippen molar-refractivity contribution in [1.29, 1.82) is 0 Å². The van der Waals surface area contributed by atoms with Gasteiger partial charge in [-0.2, -0.15) is 11.8 Å². The first-order valence-corrected chi connectivity index (χ1v) is 4.90. The van der Waals surface area contributed by atoms with Crippen molar-refractivity contribution < 1.29 is 0 Å². The molecule has 0 amide bonds. The molecule has 0 saturated heterocycles. The summed E-state index contributed by atoms with van der Waals surface area (Å²) in [7, 11) is 0. The van der Waals surface area contributed by atoms with E-state index in [9.17, 15) is 0 Å². The molecule has 9 heavy (non-hydrogen) atoms. The highest BCUT2D eigenvalue weighted by atomic mass is 32.2. The Morgan fingerprint density at radius 3 is 2.78 bits per heavy atom. The lowest BCUT2D eigenvalue weighted by Crippen LogP contribution is -2.26. The van der Waals surface area contributed by atoms with Crippen LogP contribution in [0.3, 0.4) is 0 Å². The van der Waals surface area contributed by atoms with E-state index in [1.54, 1.807) is 11.8 Å². The van der Waals surface area contributed by atoms with Gasteiger partial charge in [-0.3, -0.25) is 0 Å². The first kappa shape index (κ1) is 9.75. The Labute approximate surface area is 71.2 Å². The van der Waals surface area contributed by atoms with Crippen LogP contribution < -0.4 is 5.73 Å². The Balaban J connectivity index is 3.27. The van der Waals surface area contributed by atoms with Gasteiger partial charge in [0.1, 0.15) is 0 Å². The minimum atomic E-state index is -0.00390. The third-order valence-corrected chi connectivity index (χ3v) is 2.23. The standard InChI is InChI=1S/C5H11NS3/c1-9-3-2-4(6)5(7)8/h4H,2-3,6H2,1H3,(H,7,8)/t4-/m0/s1. The largest absolute Gasteiger partial charge is 0.323 e. The first-order chi connectivity index (χ1) is 4.18. The van der Waals surface area contributed by atoms with Crippen LogP contribution in [0.25, 0.3) is 0 Å². The van der Waals surface area contributed by atoms with E-state index in [0.29, 0.717) is 4.20 Å². The zero-order valence-corrected chi connectivity index (χ0v) is 7.86. The van der Waals surface area contributed by atoms with E-state index in [1.165, 1.54) is 0 Å². The van der Waals surface area contributed by atoms with Crippen molar-refractivity contribution in [2.24, 2.45) is 5.73 Å². The SMILES string of the molecule is CSCC[C@H](N)C(=S)S. The summed E-state index contributed by atoms with van der Waals surface area (Å²) in [4.78, 5) is 0. The molecule has 0 aromatic rings. The maximum absolute atomic E-state index is 5.57. The molecule has 0 aromatic heterocycles. The molecule has 1 nitrogen and oxygen atoms in total. The monoisotopic (exact) mass is 181 g/mol. The van der Waals surface area contributed by atoms with Crippen LogP contribution in [-0.2, 0) is 0 Å². The first-order valence-electron chi connectivity index (χ1n) is 2.65. The number of thiol groups is 1. The zero-order chi connectivity index (χ0) is 7.28. The molecular weight excluding hydrogens is 170 g/mol. The van der Waals surface area contributed by atoms with Gasteiger partial charge < -0.3 is 5.73 Å². The summed E-state index contributed by atoms with van der Waals surface area (Å²) in [5, 5.41) is 0. The molecule has 0 aromatic carbocycles. The van der Waals surface area contributed by atoms with E-state index < -0.39 is 0 Å². The molecule has 0 bridgehead atoms. The number of hydrogen-bond acceptors (Lipinski definition) is 3. The van der Waals surface area contributed by atoms with Gasteiger partial charge in [-0.15, -0.1) is 12.6 Å². The van der Waals surface area contributed by atoms with Crippen molar-refractivity contribution in [1.82, 2.24) is 0 Å². The summed E-state index contributed by atoms with van der Waals surface area (Å²) < 4.78 is 0.615. The second-order valence-corrected chi connectivity index (χ2v) is 3.94. The third kappa shape index (κ3) is 5.21. The summed E-state index contributed by atoms with van der Waals surface area (Å²) >= 11 is 10.5. The highest BCUT2D eigenvalue weighted by molar-refractivity contribution is 8.11. The van der Waals surface area contributed by atoms with Gasteiger partial charge in [0.2, 0.25) is 0 Å². The van der Waals surface area contributed by atoms with Crippen LogP contribution in [0.5, 0.6) is 0 Å². The number of thioether (sulfide) groups is 1. The summed E-state index contributed by atoms with van der Waals surface area (Å²) in [6, 6.07) is -0.00390. The summed E-state index contributed by atoms with van der Waals surface area (Å²) in [6.45, 7) is 0. The summed E-state index contributed by atoms with van der Waals surface area (Å²) in [5.41, 5.74) is 5.57. The van der Waals surface area contributed by atoms with E-state index in [2.05, 4.69) is 12.6 Å². The Morgan fingerprint density at radius 1 is 1.89 bits per heavy atom. The summed E-state index contributed by atoms with van der Waals surface area (Å²) in [6.07, 6.45) is 2.98.